The molecule has 4 rings (SSSR count). The molecule has 142 valence electrons. The molecule has 1 aliphatic heterocycles. The SMILES string of the molecule is O=C(NCC1(c2ccccc2Cl)CC1)C1(c2ccc(Cl)cc2)CCOCC1. The van der Waals surface area contributed by atoms with Crippen molar-refractivity contribution in [3.8, 4) is 0 Å². The van der Waals surface area contributed by atoms with Gasteiger partial charge in [-0.05, 0) is 55.0 Å². The topological polar surface area (TPSA) is 38.3 Å². The molecular formula is C22H23Cl2NO2. The van der Waals surface area contributed by atoms with Gasteiger partial charge in [-0.2, -0.15) is 0 Å². The summed E-state index contributed by atoms with van der Waals surface area (Å²) in [6, 6.07) is 15.6. The minimum atomic E-state index is -0.556. The first-order chi connectivity index (χ1) is 13.1. The van der Waals surface area contributed by atoms with Crippen LogP contribution < -0.4 is 5.32 Å². The van der Waals surface area contributed by atoms with Gasteiger partial charge in [-0.15, -0.1) is 0 Å². The number of carbonyl (C=O) groups excluding carboxylic acids is 1. The molecule has 0 unspecified atom stereocenters. The molecule has 1 saturated carbocycles. The highest BCUT2D eigenvalue weighted by atomic mass is 35.5. The van der Waals surface area contributed by atoms with Crippen molar-refractivity contribution in [3.05, 3.63) is 69.7 Å². The Bertz CT molecular complexity index is 824. The summed E-state index contributed by atoms with van der Waals surface area (Å²) < 4.78 is 5.54. The second kappa shape index (κ2) is 7.46. The number of benzene rings is 2. The zero-order valence-corrected chi connectivity index (χ0v) is 16.7. The smallest absolute Gasteiger partial charge is 0.230 e. The lowest BCUT2D eigenvalue weighted by Gasteiger charge is -2.37. The van der Waals surface area contributed by atoms with E-state index in [0.717, 1.165) is 29.0 Å². The molecule has 0 spiro atoms. The van der Waals surface area contributed by atoms with Crippen molar-refractivity contribution in [3.63, 3.8) is 0 Å². The Morgan fingerprint density at radius 1 is 0.963 bits per heavy atom. The summed E-state index contributed by atoms with van der Waals surface area (Å²) >= 11 is 12.5. The van der Waals surface area contributed by atoms with Crippen molar-refractivity contribution < 1.29 is 9.53 Å². The standard InChI is InChI=1S/C22H23Cl2NO2/c23-17-7-5-16(6-8-17)22(11-13-27-14-12-22)20(26)25-15-21(9-10-21)18-3-1-2-4-19(18)24/h1-8H,9-15H2,(H,25,26). The summed E-state index contributed by atoms with van der Waals surface area (Å²) in [5.41, 5.74) is 1.56. The number of halogens is 2. The van der Waals surface area contributed by atoms with Crippen molar-refractivity contribution in [1.82, 2.24) is 5.32 Å². The van der Waals surface area contributed by atoms with Crippen molar-refractivity contribution in [2.24, 2.45) is 0 Å². The molecule has 5 heteroatoms. The molecule has 0 aromatic heterocycles. The molecule has 1 heterocycles. The minimum absolute atomic E-state index is 0.0274. The van der Waals surface area contributed by atoms with Crippen LogP contribution in [0.4, 0.5) is 0 Å². The van der Waals surface area contributed by atoms with Crippen LogP contribution in [0.15, 0.2) is 48.5 Å². The van der Waals surface area contributed by atoms with Gasteiger partial charge in [0, 0.05) is 35.2 Å². The van der Waals surface area contributed by atoms with Gasteiger partial charge in [0.25, 0.3) is 0 Å². The van der Waals surface area contributed by atoms with Gasteiger partial charge in [0.05, 0.1) is 5.41 Å². The number of rotatable bonds is 5. The first-order valence-corrected chi connectivity index (χ1v) is 10.2. The highest BCUT2D eigenvalue weighted by Gasteiger charge is 2.48. The average Bonchev–Trinajstić information content (AvgIpc) is 3.48. The van der Waals surface area contributed by atoms with Crippen LogP contribution in [0.3, 0.4) is 0 Å². The zero-order chi connectivity index (χ0) is 18.9. The summed E-state index contributed by atoms with van der Waals surface area (Å²) in [5, 5.41) is 4.71. The van der Waals surface area contributed by atoms with Crippen LogP contribution in [0.25, 0.3) is 0 Å². The first-order valence-electron chi connectivity index (χ1n) is 9.43. The Hall–Kier alpha value is -1.55. The largest absolute Gasteiger partial charge is 0.381 e. The van der Waals surface area contributed by atoms with E-state index in [9.17, 15) is 4.79 Å². The minimum Gasteiger partial charge on any atom is -0.381 e. The fourth-order valence-corrected chi connectivity index (χ4v) is 4.60. The predicted molar refractivity (Wildman–Crippen MR) is 109 cm³/mol. The van der Waals surface area contributed by atoms with Gasteiger partial charge < -0.3 is 10.1 Å². The van der Waals surface area contributed by atoms with Crippen molar-refractivity contribution in [1.29, 1.82) is 0 Å². The third kappa shape index (κ3) is 3.61. The third-order valence-electron chi connectivity index (χ3n) is 6.06. The number of ether oxygens (including phenoxy) is 1. The Labute approximate surface area is 170 Å². The van der Waals surface area contributed by atoms with Crippen LogP contribution in [-0.2, 0) is 20.4 Å². The fourth-order valence-electron chi connectivity index (χ4n) is 4.14. The first kappa shape index (κ1) is 18.8. The van der Waals surface area contributed by atoms with Crippen LogP contribution >= 0.6 is 23.2 Å². The molecule has 0 radical (unpaired) electrons. The van der Waals surface area contributed by atoms with Gasteiger partial charge in [-0.25, -0.2) is 0 Å². The number of hydrogen-bond donors (Lipinski definition) is 1. The maximum atomic E-state index is 13.4. The molecular weight excluding hydrogens is 381 g/mol. The Morgan fingerprint density at radius 2 is 1.63 bits per heavy atom. The van der Waals surface area contributed by atoms with Crippen molar-refractivity contribution in [2.75, 3.05) is 19.8 Å². The molecule has 3 nitrogen and oxygen atoms in total. The van der Waals surface area contributed by atoms with E-state index in [0.29, 0.717) is 37.6 Å². The van der Waals surface area contributed by atoms with Crippen LogP contribution in [0.1, 0.15) is 36.8 Å². The lowest BCUT2D eigenvalue weighted by molar-refractivity contribution is -0.130. The molecule has 2 aromatic carbocycles. The average molecular weight is 404 g/mol. The van der Waals surface area contributed by atoms with Gasteiger partial charge in [-0.1, -0.05) is 53.5 Å². The quantitative estimate of drug-likeness (QED) is 0.771. The van der Waals surface area contributed by atoms with E-state index >= 15 is 0 Å². The molecule has 1 amide bonds. The molecule has 2 fully saturated rings. The van der Waals surface area contributed by atoms with Gasteiger partial charge in [0.2, 0.25) is 5.91 Å². The van der Waals surface area contributed by atoms with Crippen molar-refractivity contribution >= 4 is 29.1 Å². The number of nitrogens with one attached hydrogen (secondary N) is 1. The lowest BCUT2D eigenvalue weighted by Crippen LogP contribution is -2.49. The van der Waals surface area contributed by atoms with Gasteiger partial charge in [0.1, 0.15) is 0 Å². The molecule has 0 atom stereocenters. The summed E-state index contributed by atoms with van der Waals surface area (Å²) in [6.45, 7) is 1.79. The third-order valence-corrected chi connectivity index (χ3v) is 6.65. The van der Waals surface area contributed by atoms with Crippen LogP contribution in [0.5, 0.6) is 0 Å². The van der Waals surface area contributed by atoms with Crippen LogP contribution in [-0.4, -0.2) is 25.7 Å². The molecule has 2 aromatic rings. The summed E-state index contributed by atoms with van der Waals surface area (Å²) in [5.74, 6) is 0.0754. The summed E-state index contributed by atoms with van der Waals surface area (Å²) in [4.78, 5) is 13.4. The van der Waals surface area contributed by atoms with E-state index in [1.54, 1.807) is 0 Å². The highest BCUT2D eigenvalue weighted by Crippen LogP contribution is 2.50. The van der Waals surface area contributed by atoms with Crippen LogP contribution in [0, 0.1) is 0 Å². The fraction of sp³-hybridized carbons (Fsp3) is 0.409. The molecule has 1 saturated heterocycles. The monoisotopic (exact) mass is 403 g/mol. The number of carbonyl (C=O) groups is 1. The highest BCUT2D eigenvalue weighted by molar-refractivity contribution is 6.31. The van der Waals surface area contributed by atoms with E-state index < -0.39 is 5.41 Å². The normalized spacial score (nSPS) is 20.1. The maximum absolute atomic E-state index is 13.4. The van der Waals surface area contributed by atoms with Crippen molar-refractivity contribution in [2.45, 2.75) is 36.5 Å². The molecule has 2 aliphatic rings. The Morgan fingerprint density at radius 3 is 2.26 bits per heavy atom. The van der Waals surface area contributed by atoms with Gasteiger partial charge in [-0.3, -0.25) is 4.79 Å². The van der Waals surface area contributed by atoms with E-state index in [1.807, 2.05) is 42.5 Å². The van der Waals surface area contributed by atoms with Gasteiger partial charge >= 0.3 is 0 Å². The zero-order valence-electron chi connectivity index (χ0n) is 15.1. The lowest BCUT2D eigenvalue weighted by atomic mass is 9.73. The number of amides is 1. The maximum Gasteiger partial charge on any atom is 0.230 e. The van der Waals surface area contributed by atoms with E-state index in [-0.39, 0.29) is 11.3 Å². The molecule has 0 bridgehead atoms. The molecule has 27 heavy (non-hydrogen) atoms. The summed E-state index contributed by atoms with van der Waals surface area (Å²) in [6.07, 6.45) is 3.46. The predicted octanol–water partition coefficient (Wildman–Crippen LogP) is 4.89. The molecule has 1 N–H and O–H groups in total. The molecule has 1 aliphatic carbocycles. The Balaban J connectivity index is 1.55. The number of hydrogen-bond acceptors (Lipinski definition) is 2. The van der Waals surface area contributed by atoms with Gasteiger partial charge in [0.15, 0.2) is 0 Å². The van der Waals surface area contributed by atoms with Crippen LogP contribution in [0.2, 0.25) is 10.0 Å². The Kier molecular flexibility index (Phi) is 5.19. The summed E-state index contributed by atoms with van der Waals surface area (Å²) in [7, 11) is 0. The van der Waals surface area contributed by atoms with E-state index in [1.165, 1.54) is 0 Å². The second-order valence-electron chi connectivity index (χ2n) is 7.64. The van der Waals surface area contributed by atoms with E-state index in [4.69, 9.17) is 27.9 Å². The second-order valence-corrected chi connectivity index (χ2v) is 8.49. The van der Waals surface area contributed by atoms with E-state index in [2.05, 4.69) is 11.4 Å².